The summed E-state index contributed by atoms with van der Waals surface area (Å²) in [6.45, 7) is 8.79. The summed E-state index contributed by atoms with van der Waals surface area (Å²) in [7, 11) is 0. The molecule has 5 nitrogen and oxygen atoms in total. The summed E-state index contributed by atoms with van der Waals surface area (Å²) in [6.07, 6.45) is 2.72. The van der Waals surface area contributed by atoms with Gasteiger partial charge < -0.3 is 15.0 Å². The summed E-state index contributed by atoms with van der Waals surface area (Å²) in [6, 6.07) is 3.70. The van der Waals surface area contributed by atoms with Crippen LogP contribution in [0.2, 0.25) is 0 Å². The minimum Gasteiger partial charge on any atom is -0.385 e. The lowest BCUT2D eigenvalue weighted by Gasteiger charge is -2.38. The predicted molar refractivity (Wildman–Crippen MR) is 79.0 cm³/mol. The second-order valence-electron chi connectivity index (χ2n) is 5.69. The van der Waals surface area contributed by atoms with Crippen molar-refractivity contribution in [2.75, 3.05) is 31.6 Å². The smallest absolute Gasteiger partial charge is 0.272 e. The average molecular weight is 277 g/mol. The lowest BCUT2D eigenvalue weighted by molar-refractivity contribution is -0.0765. The highest BCUT2D eigenvalue weighted by Crippen LogP contribution is 2.18. The molecule has 1 aromatic rings. The van der Waals surface area contributed by atoms with Crippen LogP contribution in [0.25, 0.3) is 0 Å². The minimum absolute atomic E-state index is 0.0264. The van der Waals surface area contributed by atoms with Crippen molar-refractivity contribution in [1.29, 1.82) is 0 Å². The summed E-state index contributed by atoms with van der Waals surface area (Å²) >= 11 is 0. The zero-order chi connectivity index (χ0) is 14.6. The van der Waals surface area contributed by atoms with Gasteiger partial charge in [-0.25, -0.2) is 0 Å². The van der Waals surface area contributed by atoms with Crippen LogP contribution in [0.5, 0.6) is 0 Å². The molecule has 0 bridgehead atoms. The maximum atomic E-state index is 12.5. The molecule has 0 radical (unpaired) electrons. The van der Waals surface area contributed by atoms with Gasteiger partial charge in [-0.3, -0.25) is 9.78 Å². The summed E-state index contributed by atoms with van der Waals surface area (Å²) < 4.78 is 5.63. The molecular formula is C15H23N3O2. The Bertz CT molecular complexity index is 474. The Kier molecular flexibility index (Phi) is 4.60. The largest absolute Gasteiger partial charge is 0.385 e. The van der Waals surface area contributed by atoms with E-state index >= 15 is 0 Å². The Hall–Kier alpha value is -1.62. The topological polar surface area (TPSA) is 54.5 Å². The molecule has 20 heavy (non-hydrogen) atoms. The van der Waals surface area contributed by atoms with E-state index in [-0.39, 0.29) is 11.5 Å². The standard InChI is InChI=1S/C15H23N3O2/c1-4-6-16-12-5-7-17-13(10-12)14(19)18-8-9-20-15(2,3)11-18/h5,7,10H,4,6,8-9,11H2,1-3H3,(H,16,17). The molecular weight excluding hydrogens is 254 g/mol. The van der Waals surface area contributed by atoms with Crippen LogP contribution in [0, 0.1) is 0 Å². The maximum absolute atomic E-state index is 12.5. The van der Waals surface area contributed by atoms with E-state index in [4.69, 9.17) is 4.74 Å². The van der Waals surface area contributed by atoms with E-state index in [9.17, 15) is 4.79 Å². The number of nitrogens with zero attached hydrogens (tertiary/aromatic N) is 2. The van der Waals surface area contributed by atoms with Crippen molar-refractivity contribution < 1.29 is 9.53 Å². The average Bonchev–Trinajstić information content (AvgIpc) is 2.43. The second kappa shape index (κ2) is 6.22. The van der Waals surface area contributed by atoms with Crippen molar-refractivity contribution >= 4 is 11.6 Å². The molecule has 1 fully saturated rings. The third kappa shape index (κ3) is 3.70. The fourth-order valence-electron chi connectivity index (χ4n) is 2.28. The summed E-state index contributed by atoms with van der Waals surface area (Å²) in [5.74, 6) is -0.0264. The van der Waals surface area contributed by atoms with Crippen LogP contribution in [0.1, 0.15) is 37.7 Å². The number of rotatable bonds is 4. The number of hydrogen-bond acceptors (Lipinski definition) is 4. The first kappa shape index (κ1) is 14.8. The van der Waals surface area contributed by atoms with E-state index in [1.54, 1.807) is 6.20 Å². The van der Waals surface area contributed by atoms with Crippen molar-refractivity contribution in [3.05, 3.63) is 24.0 Å². The number of morpholine rings is 1. The van der Waals surface area contributed by atoms with Crippen molar-refractivity contribution in [1.82, 2.24) is 9.88 Å². The molecule has 0 saturated carbocycles. The molecule has 1 N–H and O–H groups in total. The van der Waals surface area contributed by atoms with Crippen molar-refractivity contribution in [3.8, 4) is 0 Å². The number of nitrogens with one attached hydrogen (secondary N) is 1. The Balaban J connectivity index is 2.08. The van der Waals surface area contributed by atoms with Gasteiger partial charge in [-0.15, -0.1) is 0 Å². The van der Waals surface area contributed by atoms with Crippen LogP contribution >= 0.6 is 0 Å². The highest BCUT2D eigenvalue weighted by Gasteiger charge is 2.30. The van der Waals surface area contributed by atoms with Crippen molar-refractivity contribution in [3.63, 3.8) is 0 Å². The molecule has 0 atom stereocenters. The third-order valence-electron chi connectivity index (χ3n) is 3.27. The number of amides is 1. The van der Waals surface area contributed by atoms with E-state index in [2.05, 4.69) is 17.2 Å². The van der Waals surface area contributed by atoms with Gasteiger partial charge in [-0.1, -0.05) is 6.92 Å². The lowest BCUT2D eigenvalue weighted by Crippen LogP contribution is -2.50. The normalized spacial score (nSPS) is 17.9. The van der Waals surface area contributed by atoms with Gasteiger partial charge in [-0.2, -0.15) is 0 Å². The SMILES string of the molecule is CCCNc1ccnc(C(=O)N2CCOC(C)(C)C2)c1. The van der Waals surface area contributed by atoms with Crippen LogP contribution in [-0.4, -0.2) is 47.6 Å². The maximum Gasteiger partial charge on any atom is 0.272 e. The molecule has 0 spiro atoms. The second-order valence-corrected chi connectivity index (χ2v) is 5.69. The fourth-order valence-corrected chi connectivity index (χ4v) is 2.28. The summed E-state index contributed by atoms with van der Waals surface area (Å²) in [4.78, 5) is 18.5. The molecule has 5 heteroatoms. The number of carbonyl (C=O) groups excluding carboxylic acids is 1. The minimum atomic E-state index is -0.286. The van der Waals surface area contributed by atoms with Gasteiger partial charge in [0.05, 0.1) is 12.2 Å². The molecule has 1 aromatic heterocycles. The molecule has 1 aliphatic rings. The van der Waals surface area contributed by atoms with E-state index in [0.29, 0.717) is 25.4 Å². The van der Waals surface area contributed by atoms with Gasteiger partial charge in [0.2, 0.25) is 0 Å². The van der Waals surface area contributed by atoms with Gasteiger partial charge >= 0.3 is 0 Å². The number of aromatic nitrogens is 1. The molecule has 1 saturated heterocycles. The number of ether oxygens (including phenoxy) is 1. The predicted octanol–water partition coefficient (Wildman–Crippen LogP) is 2.15. The first-order valence-electron chi connectivity index (χ1n) is 7.15. The third-order valence-corrected chi connectivity index (χ3v) is 3.27. The van der Waals surface area contributed by atoms with Gasteiger partial charge in [0, 0.05) is 31.5 Å². The highest BCUT2D eigenvalue weighted by molar-refractivity contribution is 5.93. The first-order chi connectivity index (χ1) is 9.52. The van der Waals surface area contributed by atoms with Crippen LogP contribution in [0.3, 0.4) is 0 Å². The summed E-state index contributed by atoms with van der Waals surface area (Å²) in [5, 5.41) is 3.27. The number of hydrogen-bond donors (Lipinski definition) is 1. The zero-order valence-electron chi connectivity index (χ0n) is 12.5. The molecule has 1 amide bonds. The number of carbonyl (C=O) groups is 1. The van der Waals surface area contributed by atoms with E-state index in [1.807, 2.05) is 30.9 Å². The zero-order valence-corrected chi connectivity index (χ0v) is 12.5. The molecule has 2 heterocycles. The van der Waals surface area contributed by atoms with Gasteiger partial charge in [0.25, 0.3) is 5.91 Å². The fraction of sp³-hybridized carbons (Fsp3) is 0.600. The van der Waals surface area contributed by atoms with Gasteiger partial charge in [0.15, 0.2) is 0 Å². The van der Waals surface area contributed by atoms with E-state index in [0.717, 1.165) is 18.7 Å². The first-order valence-corrected chi connectivity index (χ1v) is 7.15. The molecule has 110 valence electrons. The Labute approximate surface area is 120 Å². The quantitative estimate of drug-likeness (QED) is 0.916. The summed E-state index contributed by atoms with van der Waals surface area (Å²) in [5.41, 5.74) is 1.15. The number of pyridine rings is 1. The molecule has 0 unspecified atom stereocenters. The Morgan fingerprint density at radius 1 is 1.55 bits per heavy atom. The van der Waals surface area contributed by atoms with Gasteiger partial charge in [0.1, 0.15) is 5.69 Å². The van der Waals surface area contributed by atoms with Crippen LogP contribution in [0.4, 0.5) is 5.69 Å². The van der Waals surface area contributed by atoms with Crippen LogP contribution in [0.15, 0.2) is 18.3 Å². The van der Waals surface area contributed by atoms with E-state index < -0.39 is 0 Å². The van der Waals surface area contributed by atoms with Gasteiger partial charge in [-0.05, 0) is 32.4 Å². The molecule has 0 aliphatic carbocycles. The highest BCUT2D eigenvalue weighted by atomic mass is 16.5. The lowest BCUT2D eigenvalue weighted by atomic mass is 10.1. The monoisotopic (exact) mass is 277 g/mol. The molecule has 2 rings (SSSR count). The van der Waals surface area contributed by atoms with E-state index in [1.165, 1.54) is 0 Å². The molecule has 0 aromatic carbocycles. The Morgan fingerprint density at radius 3 is 3.05 bits per heavy atom. The number of anilines is 1. The Morgan fingerprint density at radius 2 is 2.35 bits per heavy atom. The molecule has 1 aliphatic heterocycles. The van der Waals surface area contributed by atoms with Crippen LogP contribution in [-0.2, 0) is 4.74 Å². The van der Waals surface area contributed by atoms with Crippen molar-refractivity contribution in [2.45, 2.75) is 32.8 Å². The van der Waals surface area contributed by atoms with Crippen LogP contribution < -0.4 is 5.32 Å². The van der Waals surface area contributed by atoms with Crippen molar-refractivity contribution in [2.24, 2.45) is 0 Å².